The monoisotopic (exact) mass is 608 g/mol. The molecule has 0 nitrogen and oxygen atoms in total. The smallest absolute Gasteiger partial charge is 0.161 e. The molecule has 4 rings (SSSR count). The van der Waals surface area contributed by atoms with Gasteiger partial charge >= 0.3 is 0 Å². The molecule has 4 aromatic rings. The Morgan fingerprint density at radius 1 is 0.636 bits per heavy atom. The first-order chi connectivity index (χ1) is 21.1. The second-order valence-electron chi connectivity index (χ2n) is 10.4. The maximum absolute atomic E-state index is 15.1. The number of aryl methyl sites for hydroxylation is 1. The molecule has 0 saturated heterocycles. The van der Waals surface area contributed by atoms with E-state index < -0.39 is 40.7 Å². The van der Waals surface area contributed by atoms with Crippen molar-refractivity contribution in [2.45, 2.75) is 45.4 Å². The molecule has 0 saturated carbocycles. The molecule has 4 aromatic carbocycles. The highest BCUT2D eigenvalue weighted by Crippen LogP contribution is 2.32. The topological polar surface area (TPSA) is 0 Å². The summed E-state index contributed by atoms with van der Waals surface area (Å²) in [6.07, 6.45) is 5.83. The van der Waals surface area contributed by atoms with Crippen LogP contribution in [0.3, 0.4) is 0 Å². The fourth-order valence-corrected chi connectivity index (χ4v) is 4.93. The van der Waals surface area contributed by atoms with Crippen LogP contribution in [0.1, 0.15) is 48.4 Å². The maximum Gasteiger partial charge on any atom is 0.161 e. The van der Waals surface area contributed by atoms with Gasteiger partial charge in [0.15, 0.2) is 5.83 Å². The lowest BCUT2D eigenvalue weighted by Gasteiger charge is -2.12. The Labute approximate surface area is 252 Å². The lowest BCUT2D eigenvalue weighted by molar-refractivity contribution is 0.547. The summed E-state index contributed by atoms with van der Waals surface area (Å²) in [5, 5.41) is 0. The molecule has 0 bridgehead atoms. The number of hydrogen-bond donors (Lipinski definition) is 0. The van der Waals surface area contributed by atoms with Crippen LogP contribution in [0, 0.1) is 29.1 Å². The zero-order chi connectivity index (χ0) is 31.8. The van der Waals surface area contributed by atoms with Crippen LogP contribution in [0.2, 0.25) is 0 Å². The van der Waals surface area contributed by atoms with E-state index in [0.29, 0.717) is 24.0 Å². The number of halogens is 7. The normalized spacial score (nSPS) is 12.1. The Kier molecular flexibility index (Phi) is 11.0. The summed E-state index contributed by atoms with van der Waals surface area (Å²) >= 11 is 0. The number of hydrogen-bond acceptors (Lipinski definition) is 0. The van der Waals surface area contributed by atoms with Gasteiger partial charge in [-0.1, -0.05) is 54.6 Å². The van der Waals surface area contributed by atoms with Gasteiger partial charge in [0.05, 0.1) is 0 Å². The molecule has 0 fully saturated rings. The lowest BCUT2D eigenvalue weighted by atomic mass is 9.96. The predicted octanol–water partition coefficient (Wildman–Crippen LogP) is 11.6. The van der Waals surface area contributed by atoms with Gasteiger partial charge in [0.25, 0.3) is 0 Å². The van der Waals surface area contributed by atoms with Crippen LogP contribution in [0.4, 0.5) is 30.7 Å². The molecular formula is C37H31F7. The van der Waals surface area contributed by atoms with Crippen LogP contribution >= 0.6 is 0 Å². The third-order valence-corrected chi connectivity index (χ3v) is 7.36. The Hall–Kier alpha value is -4.39. The summed E-state index contributed by atoms with van der Waals surface area (Å²) in [6.45, 7) is 5.30. The summed E-state index contributed by atoms with van der Waals surface area (Å²) in [5.74, 6) is -5.80. The molecule has 0 spiro atoms. The summed E-state index contributed by atoms with van der Waals surface area (Å²) in [7, 11) is 0. The highest BCUT2D eigenvalue weighted by molar-refractivity contribution is 5.73. The van der Waals surface area contributed by atoms with E-state index in [1.807, 2.05) is 6.92 Å². The fourth-order valence-electron chi connectivity index (χ4n) is 4.93. The van der Waals surface area contributed by atoms with Crippen LogP contribution in [-0.4, -0.2) is 0 Å². The average molecular weight is 609 g/mol. The van der Waals surface area contributed by atoms with Gasteiger partial charge in [-0.2, -0.15) is 0 Å². The van der Waals surface area contributed by atoms with Crippen molar-refractivity contribution in [3.8, 4) is 22.3 Å². The van der Waals surface area contributed by atoms with Gasteiger partial charge in [-0.3, -0.25) is 0 Å². The molecule has 228 valence electrons. The Bertz CT molecular complexity index is 1650. The van der Waals surface area contributed by atoms with Crippen molar-refractivity contribution in [2.24, 2.45) is 0 Å². The molecule has 7 heteroatoms. The zero-order valence-corrected chi connectivity index (χ0v) is 24.2. The molecule has 0 heterocycles. The summed E-state index contributed by atoms with van der Waals surface area (Å²) < 4.78 is 102. The minimum Gasteiger partial charge on any atom is -0.209 e. The zero-order valence-electron chi connectivity index (χ0n) is 24.2. The van der Waals surface area contributed by atoms with Crippen molar-refractivity contribution in [2.75, 3.05) is 0 Å². The number of rotatable bonds is 12. The second kappa shape index (κ2) is 14.9. The third-order valence-electron chi connectivity index (χ3n) is 7.36. The van der Waals surface area contributed by atoms with Crippen LogP contribution < -0.4 is 0 Å². The van der Waals surface area contributed by atoms with Gasteiger partial charge in [0.1, 0.15) is 34.9 Å². The fraction of sp³-hybridized carbons (Fsp3) is 0.189. The maximum atomic E-state index is 15.1. The third kappa shape index (κ3) is 7.76. The highest BCUT2D eigenvalue weighted by atomic mass is 19.2. The van der Waals surface area contributed by atoms with Gasteiger partial charge in [0.2, 0.25) is 0 Å². The van der Waals surface area contributed by atoms with Gasteiger partial charge in [-0.05, 0) is 91.6 Å². The van der Waals surface area contributed by atoms with Crippen molar-refractivity contribution in [3.05, 3.63) is 149 Å². The summed E-state index contributed by atoms with van der Waals surface area (Å²) in [4.78, 5) is 0. The van der Waals surface area contributed by atoms with E-state index in [-0.39, 0.29) is 59.1 Å². The van der Waals surface area contributed by atoms with Crippen molar-refractivity contribution < 1.29 is 30.7 Å². The van der Waals surface area contributed by atoms with Crippen molar-refractivity contribution in [1.82, 2.24) is 0 Å². The van der Waals surface area contributed by atoms with Crippen LogP contribution in [0.5, 0.6) is 0 Å². The molecule has 0 radical (unpaired) electrons. The van der Waals surface area contributed by atoms with Gasteiger partial charge in [0, 0.05) is 28.7 Å². The standard InChI is InChI=1S/C37H31F7/c1-3-5-7-8-29-32(39)18-23(19-33(29)40)10-16-30-35(42)21-27(22-36(30)43)28-17-15-26(20-34(28)41)24-11-13-25(14-12-24)37(44)31(38)9-6-4-2/h3-5,11-15,17-22H,2,6-10,16H2,1H3. The first-order valence-corrected chi connectivity index (χ1v) is 14.2. The van der Waals surface area contributed by atoms with E-state index in [2.05, 4.69) is 6.58 Å². The molecule has 0 aliphatic heterocycles. The lowest BCUT2D eigenvalue weighted by Crippen LogP contribution is -2.03. The van der Waals surface area contributed by atoms with Crippen LogP contribution in [-0.2, 0) is 19.3 Å². The molecule has 0 amide bonds. The highest BCUT2D eigenvalue weighted by Gasteiger charge is 2.17. The molecule has 0 aliphatic carbocycles. The average Bonchev–Trinajstić information content (AvgIpc) is 3.00. The van der Waals surface area contributed by atoms with Crippen LogP contribution in [0.15, 0.2) is 97.4 Å². The van der Waals surface area contributed by atoms with E-state index in [0.717, 1.165) is 12.1 Å². The van der Waals surface area contributed by atoms with E-state index in [4.69, 9.17) is 0 Å². The van der Waals surface area contributed by atoms with Crippen molar-refractivity contribution >= 4 is 5.83 Å². The Balaban J connectivity index is 1.49. The minimum absolute atomic E-state index is 0.000820. The predicted molar refractivity (Wildman–Crippen MR) is 163 cm³/mol. The SMILES string of the molecule is C=CCCC(F)=C(F)c1ccc(-c2ccc(-c3cc(F)c(CCc4cc(F)c(CCC=CC)c(F)c4)c(F)c3)c(F)c2)cc1. The molecule has 0 atom stereocenters. The quantitative estimate of drug-likeness (QED) is 0.111. The molecule has 44 heavy (non-hydrogen) atoms. The van der Waals surface area contributed by atoms with Gasteiger partial charge in [-0.25, -0.2) is 30.7 Å². The Morgan fingerprint density at radius 2 is 1.20 bits per heavy atom. The minimum atomic E-state index is -0.972. The van der Waals surface area contributed by atoms with E-state index >= 15 is 13.2 Å². The molecule has 0 unspecified atom stereocenters. The second-order valence-corrected chi connectivity index (χ2v) is 10.4. The largest absolute Gasteiger partial charge is 0.209 e. The first kappa shape index (κ1) is 32.5. The summed E-state index contributed by atoms with van der Waals surface area (Å²) in [5.41, 5.74) is 0.915. The van der Waals surface area contributed by atoms with E-state index in [9.17, 15) is 17.6 Å². The number of benzene rings is 4. The summed E-state index contributed by atoms with van der Waals surface area (Å²) in [6, 6.07) is 14.3. The van der Waals surface area contributed by atoms with Crippen molar-refractivity contribution in [1.29, 1.82) is 0 Å². The molecular weight excluding hydrogens is 577 g/mol. The van der Waals surface area contributed by atoms with E-state index in [1.165, 1.54) is 54.6 Å². The Morgan fingerprint density at radius 3 is 1.80 bits per heavy atom. The van der Waals surface area contributed by atoms with Crippen LogP contribution in [0.25, 0.3) is 28.1 Å². The molecule has 0 aliphatic rings. The van der Waals surface area contributed by atoms with Crippen molar-refractivity contribution in [3.63, 3.8) is 0 Å². The van der Waals surface area contributed by atoms with Gasteiger partial charge < -0.3 is 0 Å². The number of allylic oxidation sites excluding steroid dienone is 4. The van der Waals surface area contributed by atoms with E-state index in [1.54, 1.807) is 18.2 Å². The molecule has 0 aromatic heterocycles. The first-order valence-electron chi connectivity index (χ1n) is 14.2. The van der Waals surface area contributed by atoms with Gasteiger partial charge in [-0.15, -0.1) is 6.58 Å². The molecule has 0 N–H and O–H groups in total.